The second-order valence-electron chi connectivity index (χ2n) is 7.94. The summed E-state index contributed by atoms with van der Waals surface area (Å²) in [6, 6.07) is 21.3. The van der Waals surface area contributed by atoms with Crippen molar-refractivity contribution in [3.63, 3.8) is 0 Å². The van der Waals surface area contributed by atoms with Crippen LogP contribution >= 0.6 is 0 Å². The molecule has 3 aromatic rings. The monoisotopic (exact) mass is 450 g/mol. The minimum absolute atomic E-state index is 0.145. The first-order valence-corrected chi connectivity index (χ1v) is 12.3. The van der Waals surface area contributed by atoms with Gasteiger partial charge in [-0.1, -0.05) is 49.7 Å². The number of hydrogen-bond acceptors (Lipinski definition) is 3. The second kappa shape index (κ2) is 10.5. The molecule has 32 heavy (non-hydrogen) atoms. The molecule has 0 spiro atoms. The molecule has 3 aromatic carbocycles. The number of benzene rings is 3. The van der Waals surface area contributed by atoms with Crippen molar-refractivity contribution < 1.29 is 13.2 Å². The van der Waals surface area contributed by atoms with Gasteiger partial charge in [-0.3, -0.25) is 9.10 Å². The molecule has 0 aliphatic carbocycles. The quantitative estimate of drug-likeness (QED) is 0.469. The van der Waals surface area contributed by atoms with Crippen LogP contribution in [-0.2, 0) is 21.2 Å². The van der Waals surface area contributed by atoms with Gasteiger partial charge in [-0.05, 0) is 79.8 Å². The topological polar surface area (TPSA) is 66.5 Å². The Morgan fingerprint density at radius 1 is 0.906 bits per heavy atom. The molecular weight excluding hydrogens is 420 g/mol. The van der Waals surface area contributed by atoms with Gasteiger partial charge in [-0.2, -0.15) is 0 Å². The number of hydrogen-bond donors (Lipinski definition) is 1. The van der Waals surface area contributed by atoms with Gasteiger partial charge in [-0.25, -0.2) is 8.42 Å². The zero-order valence-corrected chi connectivity index (χ0v) is 19.7. The number of unbranched alkanes of at least 4 members (excludes halogenated alkanes) is 1. The molecule has 1 amide bonds. The Morgan fingerprint density at radius 2 is 1.59 bits per heavy atom. The van der Waals surface area contributed by atoms with Crippen molar-refractivity contribution in [2.75, 3.05) is 16.2 Å². The zero-order chi connectivity index (χ0) is 23.1. The lowest BCUT2D eigenvalue weighted by atomic mass is 10.1. The molecule has 168 valence electrons. The third kappa shape index (κ3) is 5.77. The first kappa shape index (κ1) is 23.5. The van der Waals surface area contributed by atoms with Gasteiger partial charge in [0.2, 0.25) is 5.91 Å². The van der Waals surface area contributed by atoms with Crippen molar-refractivity contribution in [1.29, 1.82) is 0 Å². The third-order valence-electron chi connectivity index (χ3n) is 5.45. The summed E-state index contributed by atoms with van der Waals surface area (Å²) in [5.74, 6) is -0.399. The summed E-state index contributed by atoms with van der Waals surface area (Å²) in [5.41, 5.74) is 4.33. The average molecular weight is 451 g/mol. The van der Waals surface area contributed by atoms with Gasteiger partial charge in [0, 0.05) is 5.69 Å². The number of nitrogens with zero attached hydrogens (tertiary/aromatic N) is 1. The molecule has 0 unspecified atom stereocenters. The van der Waals surface area contributed by atoms with Crippen LogP contribution in [0.15, 0.2) is 77.7 Å². The number of rotatable bonds is 9. The molecule has 1 N–H and O–H groups in total. The van der Waals surface area contributed by atoms with E-state index >= 15 is 0 Å². The first-order chi connectivity index (χ1) is 15.3. The number of anilines is 2. The Kier molecular flexibility index (Phi) is 7.70. The molecule has 0 aliphatic rings. The Balaban J connectivity index is 1.85. The zero-order valence-electron chi connectivity index (χ0n) is 18.8. The van der Waals surface area contributed by atoms with E-state index in [9.17, 15) is 13.2 Å². The molecule has 0 heterocycles. The summed E-state index contributed by atoms with van der Waals surface area (Å²) in [5, 5.41) is 2.83. The van der Waals surface area contributed by atoms with Crippen LogP contribution in [0.3, 0.4) is 0 Å². The molecular formula is C26H30N2O3S. The van der Waals surface area contributed by atoms with Crippen molar-refractivity contribution in [2.24, 2.45) is 0 Å². The fraction of sp³-hybridized carbons (Fsp3) is 0.269. The summed E-state index contributed by atoms with van der Waals surface area (Å²) in [6.07, 6.45) is 3.25. The van der Waals surface area contributed by atoms with E-state index in [-0.39, 0.29) is 11.4 Å². The van der Waals surface area contributed by atoms with Gasteiger partial charge in [0.1, 0.15) is 6.54 Å². The summed E-state index contributed by atoms with van der Waals surface area (Å²) < 4.78 is 28.0. The summed E-state index contributed by atoms with van der Waals surface area (Å²) in [7, 11) is -3.92. The van der Waals surface area contributed by atoms with Crippen LogP contribution in [0.4, 0.5) is 11.4 Å². The lowest BCUT2D eigenvalue weighted by molar-refractivity contribution is -0.114. The highest BCUT2D eigenvalue weighted by molar-refractivity contribution is 7.92. The predicted molar refractivity (Wildman–Crippen MR) is 131 cm³/mol. The maximum Gasteiger partial charge on any atom is 0.264 e. The predicted octanol–water partition coefficient (Wildman–Crippen LogP) is 5.48. The van der Waals surface area contributed by atoms with E-state index in [1.807, 2.05) is 44.2 Å². The van der Waals surface area contributed by atoms with Crippen LogP contribution in [0.25, 0.3) is 0 Å². The van der Waals surface area contributed by atoms with Crippen LogP contribution < -0.4 is 9.62 Å². The van der Waals surface area contributed by atoms with E-state index in [0.29, 0.717) is 11.4 Å². The number of aryl methyl sites for hydroxylation is 3. The van der Waals surface area contributed by atoms with E-state index in [2.05, 4.69) is 12.2 Å². The molecule has 0 aliphatic heterocycles. The van der Waals surface area contributed by atoms with Gasteiger partial charge in [0.05, 0.1) is 10.6 Å². The van der Waals surface area contributed by atoms with Crippen molar-refractivity contribution in [2.45, 2.75) is 44.9 Å². The highest BCUT2D eigenvalue weighted by Gasteiger charge is 2.27. The van der Waals surface area contributed by atoms with Gasteiger partial charge in [-0.15, -0.1) is 0 Å². The van der Waals surface area contributed by atoms with Crippen LogP contribution in [0.2, 0.25) is 0 Å². The molecule has 0 saturated heterocycles. The minimum atomic E-state index is -3.92. The molecule has 0 aromatic heterocycles. The van der Waals surface area contributed by atoms with Crippen molar-refractivity contribution in [3.05, 3.63) is 89.5 Å². The standard InChI is InChI=1S/C26H30N2O3S/c1-4-5-9-22-13-15-23(16-14-22)27-26(29)19-28(24-17-12-20(2)21(3)18-24)32(30,31)25-10-7-6-8-11-25/h6-8,10-18H,4-5,9,19H2,1-3H3,(H,27,29). The number of sulfonamides is 1. The van der Waals surface area contributed by atoms with Gasteiger partial charge >= 0.3 is 0 Å². The van der Waals surface area contributed by atoms with E-state index in [1.165, 1.54) is 22.0 Å². The van der Waals surface area contributed by atoms with E-state index in [1.54, 1.807) is 30.3 Å². The number of carbonyl (C=O) groups excluding carboxylic acids is 1. The third-order valence-corrected chi connectivity index (χ3v) is 7.24. The van der Waals surface area contributed by atoms with Gasteiger partial charge in [0.25, 0.3) is 10.0 Å². The lowest BCUT2D eigenvalue weighted by Crippen LogP contribution is -2.38. The van der Waals surface area contributed by atoms with E-state index < -0.39 is 15.9 Å². The van der Waals surface area contributed by atoms with Crippen LogP contribution in [0, 0.1) is 13.8 Å². The summed E-state index contributed by atoms with van der Waals surface area (Å²) in [6.45, 7) is 5.72. The Labute approximate surface area is 191 Å². The molecule has 0 bridgehead atoms. The highest BCUT2D eigenvalue weighted by atomic mass is 32.2. The van der Waals surface area contributed by atoms with E-state index in [0.717, 1.165) is 30.4 Å². The molecule has 3 rings (SSSR count). The molecule has 0 radical (unpaired) electrons. The minimum Gasteiger partial charge on any atom is -0.325 e. The highest BCUT2D eigenvalue weighted by Crippen LogP contribution is 2.26. The number of carbonyl (C=O) groups is 1. The summed E-state index contributed by atoms with van der Waals surface area (Å²) >= 11 is 0. The summed E-state index contributed by atoms with van der Waals surface area (Å²) in [4.78, 5) is 13.0. The van der Waals surface area contributed by atoms with Crippen LogP contribution in [0.5, 0.6) is 0 Å². The molecule has 0 atom stereocenters. The fourth-order valence-corrected chi connectivity index (χ4v) is 4.82. The Morgan fingerprint density at radius 3 is 2.22 bits per heavy atom. The SMILES string of the molecule is CCCCc1ccc(NC(=O)CN(c2ccc(C)c(C)c2)S(=O)(=O)c2ccccc2)cc1. The average Bonchev–Trinajstić information content (AvgIpc) is 2.79. The van der Waals surface area contributed by atoms with Crippen LogP contribution in [-0.4, -0.2) is 20.9 Å². The van der Waals surface area contributed by atoms with E-state index in [4.69, 9.17) is 0 Å². The molecule has 5 nitrogen and oxygen atoms in total. The maximum absolute atomic E-state index is 13.4. The fourth-order valence-electron chi connectivity index (χ4n) is 3.38. The Bertz CT molecular complexity index is 1160. The largest absolute Gasteiger partial charge is 0.325 e. The first-order valence-electron chi connectivity index (χ1n) is 10.8. The van der Waals surface area contributed by atoms with Crippen LogP contribution in [0.1, 0.15) is 36.5 Å². The normalized spacial score (nSPS) is 11.2. The van der Waals surface area contributed by atoms with Gasteiger partial charge in [0.15, 0.2) is 0 Å². The second-order valence-corrected chi connectivity index (χ2v) is 9.80. The number of nitrogens with one attached hydrogen (secondary N) is 1. The molecule has 0 fully saturated rings. The van der Waals surface area contributed by atoms with Gasteiger partial charge < -0.3 is 5.32 Å². The molecule has 0 saturated carbocycles. The van der Waals surface area contributed by atoms with Crippen molar-refractivity contribution in [3.8, 4) is 0 Å². The van der Waals surface area contributed by atoms with Crippen molar-refractivity contribution >= 4 is 27.3 Å². The maximum atomic E-state index is 13.4. The molecule has 6 heteroatoms. The lowest BCUT2D eigenvalue weighted by Gasteiger charge is -2.25. The number of amides is 1. The smallest absolute Gasteiger partial charge is 0.264 e. The van der Waals surface area contributed by atoms with Crippen molar-refractivity contribution in [1.82, 2.24) is 0 Å². The Hall–Kier alpha value is -3.12.